The van der Waals surface area contributed by atoms with Crippen LogP contribution in [-0.2, 0) is 0 Å². The molecule has 0 unspecified atom stereocenters. The third kappa shape index (κ3) is 8.14. The number of thiocarbonyl (C=S) groups is 1. The van der Waals surface area contributed by atoms with E-state index in [1.54, 1.807) is 0 Å². The van der Waals surface area contributed by atoms with Crippen molar-refractivity contribution < 1.29 is 0 Å². The third-order valence-electron chi connectivity index (χ3n) is 3.99. The molecule has 0 fully saturated rings. The molecule has 0 bridgehead atoms. The van der Waals surface area contributed by atoms with Crippen molar-refractivity contribution in [2.75, 3.05) is 0 Å². The molecule has 4 aromatic rings. The van der Waals surface area contributed by atoms with Gasteiger partial charge in [-0.3, -0.25) is 5.43 Å². The summed E-state index contributed by atoms with van der Waals surface area (Å²) in [4.78, 5) is 0. The van der Waals surface area contributed by atoms with Crippen LogP contribution in [0.4, 0.5) is 0 Å². The number of hydrogen-bond acceptors (Lipinski definition) is 3. The summed E-state index contributed by atoms with van der Waals surface area (Å²) in [5, 5.41) is 2.75. The second-order valence-corrected chi connectivity index (χ2v) is 6.41. The molecule has 0 saturated heterocycles. The van der Waals surface area contributed by atoms with Crippen LogP contribution in [0.2, 0.25) is 0 Å². The van der Waals surface area contributed by atoms with Crippen molar-refractivity contribution in [1.29, 1.82) is 5.53 Å². The summed E-state index contributed by atoms with van der Waals surface area (Å²) in [5.74, 6) is 4.68. The molecule has 0 saturated carbocycles. The van der Waals surface area contributed by atoms with Gasteiger partial charge in [-0.1, -0.05) is 121 Å². The van der Waals surface area contributed by atoms with Crippen molar-refractivity contribution >= 4 is 17.3 Å². The Labute approximate surface area is 182 Å². The first-order valence-corrected chi connectivity index (χ1v) is 9.74. The topological polar surface area (TPSA) is 74.3 Å². The van der Waals surface area contributed by atoms with Crippen molar-refractivity contribution in [3.8, 4) is 22.3 Å². The predicted octanol–water partition coefficient (Wildman–Crippen LogP) is 6.47. The molecule has 150 valence electrons. The fourth-order valence-electron chi connectivity index (χ4n) is 2.55. The van der Waals surface area contributed by atoms with E-state index >= 15 is 0 Å². The number of nitrogens with two attached hydrogens (primary N) is 1. The average molecular weight is 413 g/mol. The minimum absolute atomic E-state index is 0.00463. The van der Waals surface area contributed by atoms with Crippen molar-refractivity contribution in [2.24, 2.45) is 11.0 Å². The Hall–Kier alpha value is -3.67. The quantitative estimate of drug-likeness (QED) is 0.153. The molecule has 0 heterocycles. The largest absolute Gasteiger partial charge is 0.298 e. The second kappa shape index (κ2) is 13.5. The maximum absolute atomic E-state index is 6.15. The molecule has 0 aliphatic heterocycles. The van der Waals surface area contributed by atoms with Gasteiger partial charge in [-0.15, -0.1) is 5.11 Å². The van der Waals surface area contributed by atoms with Crippen LogP contribution in [0.25, 0.3) is 22.3 Å². The second-order valence-electron chi connectivity index (χ2n) is 6.03. The number of nitrogens with one attached hydrogen (secondary N) is 2. The Morgan fingerprint density at radius 2 is 0.800 bits per heavy atom. The van der Waals surface area contributed by atoms with Crippen LogP contribution in [-0.4, -0.2) is 5.11 Å². The van der Waals surface area contributed by atoms with Gasteiger partial charge in [0.2, 0.25) is 5.11 Å². The number of nitrogens with zero attached hydrogens (tertiary/aromatic N) is 1. The summed E-state index contributed by atoms with van der Waals surface area (Å²) in [6.07, 6.45) is 0. The van der Waals surface area contributed by atoms with Crippen LogP contribution in [0.5, 0.6) is 0 Å². The van der Waals surface area contributed by atoms with Gasteiger partial charge in [-0.05, 0) is 34.5 Å². The first-order chi connectivity index (χ1) is 14.7. The summed E-state index contributed by atoms with van der Waals surface area (Å²) < 4.78 is 0. The fourth-order valence-corrected chi connectivity index (χ4v) is 2.55. The molecule has 0 atom stereocenters. The Kier molecular flexibility index (Phi) is 10.2. The number of hydrogen-bond donors (Lipinski definition) is 3. The maximum atomic E-state index is 6.15. The van der Waals surface area contributed by atoms with Crippen molar-refractivity contribution in [2.45, 2.75) is 0 Å². The van der Waals surface area contributed by atoms with E-state index in [1.165, 1.54) is 22.3 Å². The predicted molar refractivity (Wildman–Crippen MR) is 129 cm³/mol. The summed E-state index contributed by atoms with van der Waals surface area (Å²) in [6.45, 7) is 0. The SMILES string of the molecule is N=NC(=S)NN.c1ccc(-c2ccccc2)cc1.c1ccc(-c2ccccc2)cc1. The van der Waals surface area contributed by atoms with Crippen molar-refractivity contribution in [3.63, 3.8) is 0 Å². The van der Waals surface area contributed by atoms with Crippen LogP contribution in [0.1, 0.15) is 0 Å². The maximum Gasteiger partial charge on any atom is 0.227 e. The highest BCUT2D eigenvalue weighted by molar-refractivity contribution is 7.80. The monoisotopic (exact) mass is 412 g/mol. The summed E-state index contributed by atoms with van der Waals surface area (Å²) in [5.41, 5.74) is 13.2. The molecule has 5 heteroatoms. The molecule has 0 aliphatic carbocycles. The van der Waals surface area contributed by atoms with E-state index in [9.17, 15) is 0 Å². The molecule has 30 heavy (non-hydrogen) atoms. The third-order valence-corrected chi connectivity index (χ3v) is 4.20. The lowest BCUT2D eigenvalue weighted by molar-refractivity contribution is 1.00. The standard InChI is InChI=1S/2C12H10.CH4N4S/c2*1-3-7-11(8-4-1)12-9-5-2-6-10-12;2-4-1(6)5-3/h2*1-10H;2H,3H2,(H,5,6). The average Bonchev–Trinajstić information content (AvgIpc) is 2.86. The Morgan fingerprint density at radius 3 is 0.933 bits per heavy atom. The minimum atomic E-state index is -0.00463. The molecule has 0 radical (unpaired) electrons. The zero-order valence-corrected chi connectivity index (χ0v) is 17.3. The van der Waals surface area contributed by atoms with Gasteiger partial charge in [0.05, 0.1) is 0 Å². The van der Waals surface area contributed by atoms with Gasteiger partial charge in [-0.25, -0.2) is 11.4 Å². The van der Waals surface area contributed by atoms with Gasteiger partial charge < -0.3 is 0 Å². The first-order valence-electron chi connectivity index (χ1n) is 9.33. The molecule has 4 aromatic carbocycles. The molecule has 0 spiro atoms. The van der Waals surface area contributed by atoms with Gasteiger partial charge in [0.25, 0.3) is 0 Å². The lowest BCUT2D eigenvalue weighted by Crippen LogP contribution is -2.26. The van der Waals surface area contributed by atoms with E-state index in [0.29, 0.717) is 0 Å². The molecular weight excluding hydrogens is 388 g/mol. The van der Waals surface area contributed by atoms with Crippen LogP contribution in [0.15, 0.2) is 126 Å². The van der Waals surface area contributed by atoms with E-state index in [-0.39, 0.29) is 5.11 Å². The molecular formula is C25H24N4S. The van der Waals surface area contributed by atoms with Crippen LogP contribution in [0.3, 0.4) is 0 Å². The number of hydrazine groups is 1. The van der Waals surface area contributed by atoms with Crippen molar-refractivity contribution in [3.05, 3.63) is 121 Å². The van der Waals surface area contributed by atoms with Gasteiger partial charge in [-0.2, -0.15) is 0 Å². The lowest BCUT2D eigenvalue weighted by Gasteiger charge is -1.98. The van der Waals surface area contributed by atoms with Crippen LogP contribution < -0.4 is 11.3 Å². The van der Waals surface area contributed by atoms with E-state index in [2.05, 4.69) is 120 Å². The van der Waals surface area contributed by atoms with E-state index in [4.69, 9.17) is 5.53 Å². The van der Waals surface area contributed by atoms with Crippen LogP contribution >= 0.6 is 12.2 Å². The molecule has 0 aliphatic rings. The van der Waals surface area contributed by atoms with Gasteiger partial charge in [0.15, 0.2) is 0 Å². The first kappa shape index (κ1) is 22.6. The van der Waals surface area contributed by atoms with Gasteiger partial charge in [0.1, 0.15) is 0 Å². The highest BCUT2D eigenvalue weighted by atomic mass is 32.1. The van der Waals surface area contributed by atoms with Crippen molar-refractivity contribution in [1.82, 2.24) is 5.43 Å². The van der Waals surface area contributed by atoms with Gasteiger partial charge in [0, 0.05) is 0 Å². The molecule has 0 amide bonds. The van der Waals surface area contributed by atoms with E-state index in [1.807, 2.05) is 29.7 Å². The zero-order chi connectivity index (χ0) is 21.4. The van der Waals surface area contributed by atoms with Gasteiger partial charge >= 0.3 is 0 Å². The highest BCUT2D eigenvalue weighted by Crippen LogP contribution is 2.18. The Balaban J connectivity index is 0.000000171. The Bertz CT molecular complexity index is 842. The van der Waals surface area contributed by atoms with E-state index < -0.39 is 0 Å². The zero-order valence-electron chi connectivity index (χ0n) is 16.5. The molecule has 4 rings (SSSR count). The summed E-state index contributed by atoms with van der Waals surface area (Å²) in [7, 11) is 0. The number of benzene rings is 4. The minimum Gasteiger partial charge on any atom is -0.298 e. The lowest BCUT2D eigenvalue weighted by atomic mass is 10.1. The Morgan fingerprint density at radius 1 is 0.567 bits per heavy atom. The highest BCUT2D eigenvalue weighted by Gasteiger charge is 1.92. The fraction of sp³-hybridized carbons (Fsp3) is 0. The van der Waals surface area contributed by atoms with Crippen LogP contribution in [0, 0.1) is 5.53 Å². The smallest absolute Gasteiger partial charge is 0.227 e. The molecule has 4 nitrogen and oxygen atoms in total. The number of rotatable bonds is 2. The normalized spacial score (nSPS) is 9.10. The summed E-state index contributed by atoms with van der Waals surface area (Å²) >= 11 is 4.27. The molecule has 4 N–H and O–H groups in total. The van der Waals surface area contributed by atoms with E-state index in [0.717, 1.165) is 0 Å². The summed E-state index contributed by atoms with van der Waals surface area (Å²) in [6, 6.07) is 41.6. The molecule has 0 aromatic heterocycles.